The molecule has 1 N–H and O–H groups in total. The number of carboxylic acids is 1. The normalized spacial score (nSPS) is 9.97. The highest BCUT2D eigenvalue weighted by Gasteiger charge is 2.23. The van der Waals surface area contributed by atoms with E-state index in [0.717, 1.165) is 36.4 Å². The first-order chi connectivity index (χ1) is 17.7. The fourth-order valence-corrected chi connectivity index (χ4v) is 2.96. The molecule has 0 heterocycles. The van der Waals surface area contributed by atoms with Crippen molar-refractivity contribution in [2.45, 2.75) is 0 Å². The van der Waals surface area contributed by atoms with Crippen molar-refractivity contribution in [2.75, 3.05) is 0 Å². The Morgan fingerprint density at radius 1 is 0.737 bits per heavy atom. The highest BCUT2D eigenvalue weighted by atomic mass is 35.5. The lowest BCUT2D eigenvalue weighted by Crippen LogP contribution is -2.13. The Hall–Kier alpha value is -5.02. The van der Waals surface area contributed by atoms with Gasteiger partial charge in [-0.15, -0.1) is 0 Å². The molecular formula is C21H10Cl2FN3O11. The number of benzene rings is 3. The lowest BCUT2D eigenvalue weighted by Gasteiger charge is -2.04. The number of carboxylic acid groups (broad SMARTS) is 1. The molecule has 0 saturated heterocycles. The zero-order valence-electron chi connectivity index (χ0n) is 18.2. The van der Waals surface area contributed by atoms with E-state index in [-0.39, 0.29) is 15.6 Å². The average molecular weight is 570 g/mol. The summed E-state index contributed by atoms with van der Waals surface area (Å²) >= 11 is 11.1. The van der Waals surface area contributed by atoms with E-state index in [1.165, 1.54) is 6.07 Å². The largest absolute Gasteiger partial charge is 0.477 e. The number of nitro benzene ring substituents is 3. The first kappa shape index (κ1) is 29.2. The Labute approximate surface area is 219 Å². The van der Waals surface area contributed by atoms with Gasteiger partial charge in [-0.1, -0.05) is 23.2 Å². The number of hydrogen-bond acceptors (Lipinski definition) is 10. The Kier molecular flexibility index (Phi) is 9.45. The van der Waals surface area contributed by atoms with Crippen LogP contribution in [0.25, 0.3) is 0 Å². The monoisotopic (exact) mass is 569 g/mol. The van der Waals surface area contributed by atoms with Gasteiger partial charge in [-0.25, -0.2) is 14.4 Å². The number of rotatable bonds is 6. The predicted octanol–water partition coefficient (Wildman–Crippen LogP) is 5.24. The quantitative estimate of drug-likeness (QED) is 0.175. The van der Waals surface area contributed by atoms with E-state index in [2.05, 4.69) is 4.74 Å². The SMILES string of the molecule is O=C(O)c1cc(Cl)ccc1[N+](=O)[O-].O=C(OC(=O)c1ccc(Cl)c([N+](=O)[O-])c1)c1ccc(F)c([N+](=O)[O-])c1. The van der Waals surface area contributed by atoms with Crippen LogP contribution in [0.5, 0.6) is 0 Å². The summed E-state index contributed by atoms with van der Waals surface area (Å²) in [4.78, 5) is 63.4. The number of carbonyl (C=O) groups is 3. The Morgan fingerprint density at radius 2 is 1.24 bits per heavy atom. The summed E-state index contributed by atoms with van der Waals surface area (Å²) < 4.78 is 17.7. The van der Waals surface area contributed by atoms with Crippen LogP contribution in [0.2, 0.25) is 10.0 Å². The maximum absolute atomic E-state index is 13.2. The van der Waals surface area contributed by atoms with Crippen LogP contribution < -0.4 is 0 Å². The summed E-state index contributed by atoms with van der Waals surface area (Å²) in [5.41, 5.74) is -3.18. The van der Waals surface area contributed by atoms with Gasteiger partial charge in [0, 0.05) is 23.2 Å². The van der Waals surface area contributed by atoms with Gasteiger partial charge in [-0.05, 0) is 36.4 Å². The molecule has 196 valence electrons. The number of halogens is 3. The fraction of sp³-hybridized carbons (Fsp3) is 0. The Balaban J connectivity index is 0.000000328. The molecule has 0 aromatic heterocycles. The molecule has 0 spiro atoms. The molecule has 0 aliphatic carbocycles. The van der Waals surface area contributed by atoms with Crippen molar-refractivity contribution < 1.29 is 43.4 Å². The van der Waals surface area contributed by atoms with Crippen molar-refractivity contribution in [3.63, 3.8) is 0 Å². The predicted molar refractivity (Wildman–Crippen MR) is 126 cm³/mol. The minimum atomic E-state index is -1.37. The molecule has 3 rings (SSSR count). The van der Waals surface area contributed by atoms with Crippen molar-refractivity contribution in [2.24, 2.45) is 0 Å². The standard InChI is InChI=1S/C14H6ClFN2O7.C7H4ClNO4/c15-9-3-1-7(5-11(9)17(21)22)13(19)25-14(20)8-2-4-10(16)12(6-8)18(23)24;8-4-1-2-6(9(12)13)5(3-4)7(10)11/h1-6H;1-3H,(H,10,11). The molecular weight excluding hydrogens is 560 g/mol. The van der Waals surface area contributed by atoms with E-state index in [9.17, 15) is 49.1 Å². The molecule has 38 heavy (non-hydrogen) atoms. The molecule has 3 aromatic carbocycles. The van der Waals surface area contributed by atoms with Crippen LogP contribution >= 0.6 is 23.2 Å². The summed E-state index contributed by atoms with van der Waals surface area (Å²) in [6.07, 6.45) is 0. The smallest absolute Gasteiger partial charge is 0.346 e. The molecule has 17 heteroatoms. The number of nitrogens with zero attached hydrogens (tertiary/aromatic N) is 3. The Morgan fingerprint density at radius 3 is 1.74 bits per heavy atom. The third-order valence-electron chi connectivity index (χ3n) is 4.33. The number of ether oxygens (including phenoxy) is 1. The number of nitro groups is 3. The Bertz CT molecular complexity index is 1420. The van der Waals surface area contributed by atoms with Gasteiger partial charge in [0.2, 0.25) is 5.82 Å². The van der Waals surface area contributed by atoms with E-state index in [4.69, 9.17) is 28.3 Å². The zero-order chi connectivity index (χ0) is 28.7. The minimum absolute atomic E-state index is 0.156. The lowest BCUT2D eigenvalue weighted by molar-refractivity contribution is -0.387. The molecule has 0 saturated carbocycles. The van der Waals surface area contributed by atoms with Crippen molar-refractivity contribution in [1.29, 1.82) is 0 Å². The average Bonchev–Trinajstić information content (AvgIpc) is 2.84. The summed E-state index contributed by atoms with van der Waals surface area (Å²) in [6, 6.07) is 8.52. The van der Waals surface area contributed by atoms with Gasteiger partial charge in [0.25, 0.3) is 11.4 Å². The summed E-state index contributed by atoms with van der Waals surface area (Å²) in [6.45, 7) is 0. The van der Waals surface area contributed by atoms with Crippen LogP contribution in [-0.2, 0) is 4.74 Å². The molecule has 3 aromatic rings. The maximum Gasteiger partial charge on any atom is 0.346 e. The van der Waals surface area contributed by atoms with E-state index < -0.39 is 66.7 Å². The molecule has 0 aliphatic rings. The molecule has 0 amide bonds. The van der Waals surface area contributed by atoms with Gasteiger partial charge in [0.1, 0.15) is 10.6 Å². The third-order valence-corrected chi connectivity index (χ3v) is 4.88. The topological polar surface area (TPSA) is 210 Å². The number of aromatic carboxylic acids is 1. The van der Waals surface area contributed by atoms with Crippen LogP contribution in [0, 0.1) is 36.2 Å². The van der Waals surface area contributed by atoms with Crippen molar-refractivity contribution in [1.82, 2.24) is 0 Å². The number of carbonyl (C=O) groups excluding carboxylic acids is 2. The van der Waals surface area contributed by atoms with Crippen molar-refractivity contribution in [3.05, 3.63) is 117 Å². The van der Waals surface area contributed by atoms with Crippen molar-refractivity contribution >= 4 is 58.2 Å². The summed E-state index contributed by atoms with van der Waals surface area (Å²) in [5, 5.41) is 40.3. The second kappa shape index (κ2) is 12.3. The summed E-state index contributed by atoms with van der Waals surface area (Å²) in [7, 11) is 0. The van der Waals surface area contributed by atoms with E-state index in [1.54, 1.807) is 0 Å². The molecule has 0 radical (unpaired) electrons. The number of esters is 2. The fourth-order valence-electron chi connectivity index (χ4n) is 2.60. The molecule has 0 unspecified atom stereocenters. The van der Waals surface area contributed by atoms with Crippen LogP contribution in [0.1, 0.15) is 31.1 Å². The zero-order valence-corrected chi connectivity index (χ0v) is 19.7. The second-order valence-corrected chi connectivity index (χ2v) is 7.59. The molecule has 0 aliphatic heterocycles. The first-order valence-corrected chi connectivity index (χ1v) is 10.3. The lowest BCUT2D eigenvalue weighted by atomic mass is 10.2. The number of hydrogen-bond donors (Lipinski definition) is 1. The minimum Gasteiger partial charge on any atom is -0.477 e. The van der Waals surface area contributed by atoms with Crippen molar-refractivity contribution in [3.8, 4) is 0 Å². The molecule has 0 fully saturated rings. The van der Waals surface area contributed by atoms with E-state index >= 15 is 0 Å². The third kappa shape index (κ3) is 7.25. The van der Waals surface area contributed by atoms with E-state index in [1.807, 2.05) is 0 Å². The summed E-state index contributed by atoms with van der Waals surface area (Å²) in [5.74, 6) is -5.06. The van der Waals surface area contributed by atoms with Crippen LogP contribution in [0.15, 0.2) is 54.6 Å². The van der Waals surface area contributed by atoms with Gasteiger partial charge in [-0.2, -0.15) is 4.39 Å². The maximum atomic E-state index is 13.2. The van der Waals surface area contributed by atoms with E-state index in [0.29, 0.717) is 12.1 Å². The van der Waals surface area contributed by atoms with Gasteiger partial charge >= 0.3 is 23.6 Å². The van der Waals surface area contributed by atoms with Gasteiger partial charge in [0.05, 0.1) is 25.9 Å². The molecule has 0 atom stereocenters. The van der Waals surface area contributed by atoms with Gasteiger partial charge in [-0.3, -0.25) is 30.3 Å². The molecule has 14 nitrogen and oxygen atoms in total. The highest BCUT2D eigenvalue weighted by Crippen LogP contribution is 2.26. The highest BCUT2D eigenvalue weighted by molar-refractivity contribution is 6.32. The van der Waals surface area contributed by atoms with Gasteiger partial charge < -0.3 is 9.84 Å². The van der Waals surface area contributed by atoms with Crippen LogP contribution in [0.4, 0.5) is 21.5 Å². The second-order valence-electron chi connectivity index (χ2n) is 6.75. The van der Waals surface area contributed by atoms with Crippen LogP contribution in [-0.4, -0.2) is 37.8 Å². The molecule has 0 bridgehead atoms. The van der Waals surface area contributed by atoms with Gasteiger partial charge in [0.15, 0.2) is 0 Å². The first-order valence-electron chi connectivity index (χ1n) is 9.54. The van der Waals surface area contributed by atoms with Crippen LogP contribution in [0.3, 0.4) is 0 Å².